The number of hydrogen-bond acceptors (Lipinski definition) is 1. The van der Waals surface area contributed by atoms with Crippen molar-refractivity contribution in [2.45, 2.75) is 24.0 Å². The summed E-state index contributed by atoms with van der Waals surface area (Å²) in [6.07, 6.45) is 0.898. The molecule has 82 valence electrons. The molecule has 0 unspecified atom stereocenters. The van der Waals surface area contributed by atoms with E-state index in [2.05, 4.69) is 48.5 Å². The van der Waals surface area contributed by atoms with Crippen LogP contribution in [0.1, 0.15) is 34.1 Å². The number of rotatable bonds is 0. The van der Waals surface area contributed by atoms with E-state index in [4.69, 9.17) is 4.74 Å². The molecule has 2 bridgehead atoms. The fourth-order valence-corrected chi connectivity index (χ4v) is 3.87. The Morgan fingerprint density at radius 2 is 0.941 bits per heavy atom. The predicted octanol–water partition coefficient (Wildman–Crippen LogP) is 3.04. The molecule has 0 saturated carbocycles. The van der Waals surface area contributed by atoms with Gasteiger partial charge < -0.3 is 4.74 Å². The summed E-state index contributed by atoms with van der Waals surface area (Å²) >= 11 is 0. The summed E-state index contributed by atoms with van der Waals surface area (Å²) in [5.74, 6) is 0.967. The first-order chi connectivity index (χ1) is 8.45. The van der Waals surface area contributed by atoms with Crippen molar-refractivity contribution in [3.8, 4) is 0 Å². The lowest BCUT2D eigenvalue weighted by molar-refractivity contribution is 0.364. The standard InChI is InChI=1S/C16H12O/c1-2-6-10-9(5-1)13-11-7-3-4-8-12(11)14(10)16-15(13)17-16/h1-8,13-16H/t13?,14?,15-,16+. The van der Waals surface area contributed by atoms with E-state index < -0.39 is 0 Å². The lowest BCUT2D eigenvalue weighted by Gasteiger charge is -2.37. The van der Waals surface area contributed by atoms with E-state index in [1.165, 1.54) is 22.3 Å². The summed E-state index contributed by atoms with van der Waals surface area (Å²) < 4.78 is 5.93. The highest BCUT2D eigenvalue weighted by atomic mass is 16.6. The van der Waals surface area contributed by atoms with E-state index >= 15 is 0 Å². The van der Waals surface area contributed by atoms with Crippen molar-refractivity contribution in [2.75, 3.05) is 0 Å². The maximum Gasteiger partial charge on any atom is 0.0960 e. The molecule has 0 radical (unpaired) electrons. The Bertz CT molecular complexity index is 529. The number of ether oxygens (including phenoxy) is 1. The lowest BCUT2D eigenvalue weighted by Crippen LogP contribution is -2.31. The zero-order chi connectivity index (χ0) is 11.0. The van der Waals surface area contributed by atoms with Crippen LogP contribution in [0.25, 0.3) is 0 Å². The minimum absolute atomic E-state index is 0.449. The van der Waals surface area contributed by atoms with Crippen LogP contribution in [0, 0.1) is 0 Å². The molecule has 6 rings (SSSR count). The van der Waals surface area contributed by atoms with Gasteiger partial charge in [-0.3, -0.25) is 0 Å². The number of epoxide rings is 1. The van der Waals surface area contributed by atoms with E-state index in [1.807, 2.05) is 0 Å². The molecular weight excluding hydrogens is 208 g/mol. The normalized spacial score (nSPS) is 34.8. The first-order valence-electron chi connectivity index (χ1n) is 6.28. The van der Waals surface area contributed by atoms with E-state index in [1.54, 1.807) is 0 Å². The van der Waals surface area contributed by atoms with Crippen molar-refractivity contribution in [1.29, 1.82) is 0 Å². The monoisotopic (exact) mass is 220 g/mol. The molecule has 0 spiro atoms. The van der Waals surface area contributed by atoms with Crippen molar-refractivity contribution >= 4 is 0 Å². The van der Waals surface area contributed by atoms with Crippen LogP contribution in [0.5, 0.6) is 0 Å². The highest BCUT2D eigenvalue weighted by molar-refractivity contribution is 5.59. The van der Waals surface area contributed by atoms with Gasteiger partial charge in [-0.05, 0) is 22.3 Å². The molecule has 2 aromatic rings. The molecule has 0 aromatic heterocycles. The Kier molecular flexibility index (Phi) is 1.31. The number of benzene rings is 2. The van der Waals surface area contributed by atoms with Crippen molar-refractivity contribution in [1.82, 2.24) is 0 Å². The fourth-order valence-electron chi connectivity index (χ4n) is 3.87. The van der Waals surface area contributed by atoms with E-state index in [9.17, 15) is 0 Å². The maximum absolute atomic E-state index is 5.93. The highest BCUT2D eigenvalue weighted by Gasteiger charge is 2.60. The molecule has 1 aliphatic heterocycles. The predicted molar refractivity (Wildman–Crippen MR) is 65.2 cm³/mol. The van der Waals surface area contributed by atoms with Crippen LogP contribution in [0.15, 0.2) is 48.5 Å². The van der Waals surface area contributed by atoms with Crippen LogP contribution in [0.3, 0.4) is 0 Å². The molecule has 2 aromatic carbocycles. The van der Waals surface area contributed by atoms with Crippen LogP contribution >= 0.6 is 0 Å². The summed E-state index contributed by atoms with van der Waals surface area (Å²) in [7, 11) is 0. The Morgan fingerprint density at radius 1 is 0.588 bits per heavy atom. The smallest absolute Gasteiger partial charge is 0.0960 e. The second-order valence-corrected chi connectivity index (χ2v) is 5.28. The van der Waals surface area contributed by atoms with Crippen LogP contribution in [-0.4, -0.2) is 12.2 Å². The summed E-state index contributed by atoms with van der Waals surface area (Å²) in [6, 6.07) is 17.7. The van der Waals surface area contributed by atoms with E-state index in [0.717, 1.165) is 0 Å². The molecule has 2 atom stereocenters. The topological polar surface area (TPSA) is 12.5 Å². The molecule has 1 fully saturated rings. The second kappa shape index (κ2) is 2.62. The van der Waals surface area contributed by atoms with Gasteiger partial charge in [0.15, 0.2) is 0 Å². The number of hydrogen-bond donors (Lipinski definition) is 0. The molecule has 1 saturated heterocycles. The average molecular weight is 220 g/mol. The quantitative estimate of drug-likeness (QED) is 0.622. The molecule has 1 heterocycles. The van der Waals surface area contributed by atoms with Gasteiger partial charge >= 0.3 is 0 Å². The van der Waals surface area contributed by atoms with Gasteiger partial charge in [-0.1, -0.05) is 48.5 Å². The minimum Gasteiger partial charge on any atom is -0.368 e. The molecule has 17 heavy (non-hydrogen) atoms. The Balaban J connectivity index is 1.89. The molecule has 1 heteroatoms. The lowest BCUT2D eigenvalue weighted by atomic mass is 9.64. The van der Waals surface area contributed by atoms with Gasteiger partial charge in [-0.25, -0.2) is 0 Å². The maximum atomic E-state index is 5.93. The third-order valence-corrected chi connectivity index (χ3v) is 4.55. The Hall–Kier alpha value is -1.60. The van der Waals surface area contributed by atoms with Gasteiger partial charge in [0.05, 0.1) is 12.2 Å². The van der Waals surface area contributed by atoms with E-state index in [0.29, 0.717) is 24.0 Å². The van der Waals surface area contributed by atoms with Gasteiger partial charge in [0.25, 0.3) is 0 Å². The second-order valence-electron chi connectivity index (χ2n) is 5.28. The van der Waals surface area contributed by atoms with Gasteiger partial charge in [0, 0.05) is 11.8 Å². The molecule has 0 amide bonds. The fraction of sp³-hybridized carbons (Fsp3) is 0.250. The summed E-state index contributed by atoms with van der Waals surface area (Å²) in [5, 5.41) is 0. The van der Waals surface area contributed by atoms with E-state index in [-0.39, 0.29) is 0 Å². The van der Waals surface area contributed by atoms with Crippen molar-refractivity contribution in [3.05, 3.63) is 70.8 Å². The summed E-state index contributed by atoms with van der Waals surface area (Å²) in [6.45, 7) is 0. The Morgan fingerprint density at radius 3 is 1.29 bits per heavy atom. The third kappa shape index (κ3) is 0.872. The average Bonchev–Trinajstić information content (AvgIpc) is 3.18. The van der Waals surface area contributed by atoms with Crippen molar-refractivity contribution < 1.29 is 4.74 Å². The van der Waals surface area contributed by atoms with Crippen molar-refractivity contribution in [3.63, 3.8) is 0 Å². The molecular formula is C16H12O. The zero-order valence-electron chi connectivity index (χ0n) is 9.34. The van der Waals surface area contributed by atoms with Gasteiger partial charge in [-0.2, -0.15) is 0 Å². The van der Waals surface area contributed by atoms with Crippen molar-refractivity contribution in [2.24, 2.45) is 0 Å². The SMILES string of the molecule is c1ccc2c(c1)C1c3ccccc3C2[C@@H]2O[C@H]12. The summed E-state index contributed by atoms with van der Waals surface area (Å²) in [5.41, 5.74) is 5.98. The largest absolute Gasteiger partial charge is 0.368 e. The zero-order valence-corrected chi connectivity index (χ0v) is 9.34. The van der Waals surface area contributed by atoms with Crippen LogP contribution in [-0.2, 0) is 4.74 Å². The molecule has 3 aliphatic carbocycles. The minimum atomic E-state index is 0.449. The highest BCUT2D eigenvalue weighted by Crippen LogP contribution is 2.60. The molecule has 0 N–H and O–H groups in total. The third-order valence-electron chi connectivity index (χ3n) is 4.55. The van der Waals surface area contributed by atoms with Gasteiger partial charge in [-0.15, -0.1) is 0 Å². The van der Waals surface area contributed by atoms with Crippen LogP contribution < -0.4 is 0 Å². The Labute approximate surface area is 100 Å². The first kappa shape index (κ1) is 8.48. The first-order valence-corrected chi connectivity index (χ1v) is 6.28. The summed E-state index contributed by atoms with van der Waals surface area (Å²) in [4.78, 5) is 0. The van der Waals surface area contributed by atoms with Crippen LogP contribution in [0.4, 0.5) is 0 Å². The van der Waals surface area contributed by atoms with Gasteiger partial charge in [0.2, 0.25) is 0 Å². The molecule has 4 aliphatic rings. The van der Waals surface area contributed by atoms with Gasteiger partial charge in [0.1, 0.15) is 0 Å². The molecule has 1 nitrogen and oxygen atoms in total. The van der Waals surface area contributed by atoms with Crippen LogP contribution in [0.2, 0.25) is 0 Å².